The average molecular weight is 388 g/mol. The SMILES string of the molecule is COC(=O)C(OC(C)(C)C)c1c(C)nc2cc(-c3ccccc3)nn2c1Cl. The van der Waals surface area contributed by atoms with Gasteiger partial charge in [-0.2, -0.15) is 5.10 Å². The van der Waals surface area contributed by atoms with Crippen molar-refractivity contribution in [2.75, 3.05) is 7.11 Å². The van der Waals surface area contributed by atoms with E-state index in [2.05, 4.69) is 10.1 Å². The van der Waals surface area contributed by atoms with Gasteiger partial charge >= 0.3 is 5.97 Å². The van der Waals surface area contributed by atoms with E-state index in [9.17, 15) is 4.79 Å². The van der Waals surface area contributed by atoms with Crippen LogP contribution in [0.3, 0.4) is 0 Å². The lowest BCUT2D eigenvalue weighted by Crippen LogP contribution is -2.29. The van der Waals surface area contributed by atoms with Crippen LogP contribution in [0, 0.1) is 6.92 Å². The van der Waals surface area contributed by atoms with E-state index in [1.54, 1.807) is 6.92 Å². The summed E-state index contributed by atoms with van der Waals surface area (Å²) in [5.41, 5.74) is 2.75. The molecule has 0 radical (unpaired) electrons. The molecule has 3 aromatic rings. The van der Waals surface area contributed by atoms with Crippen LogP contribution in [-0.4, -0.2) is 33.3 Å². The first-order chi connectivity index (χ1) is 12.7. The third-order valence-corrected chi connectivity index (χ3v) is 4.35. The Bertz CT molecular complexity index is 978. The number of hydrogen-bond acceptors (Lipinski definition) is 5. The Morgan fingerprint density at radius 2 is 1.89 bits per heavy atom. The number of carbonyl (C=O) groups excluding carboxylic acids is 1. The van der Waals surface area contributed by atoms with E-state index in [0.717, 1.165) is 11.3 Å². The Morgan fingerprint density at radius 1 is 1.22 bits per heavy atom. The molecule has 0 N–H and O–H groups in total. The van der Waals surface area contributed by atoms with Gasteiger partial charge < -0.3 is 9.47 Å². The number of ether oxygens (including phenoxy) is 2. The number of aryl methyl sites for hydroxylation is 1. The summed E-state index contributed by atoms with van der Waals surface area (Å²) in [7, 11) is 1.32. The second kappa shape index (κ2) is 7.29. The molecule has 0 saturated carbocycles. The normalized spacial score (nSPS) is 13.0. The number of benzene rings is 1. The lowest BCUT2D eigenvalue weighted by molar-refractivity contribution is -0.164. The van der Waals surface area contributed by atoms with Crippen LogP contribution in [-0.2, 0) is 14.3 Å². The maximum Gasteiger partial charge on any atom is 0.339 e. The highest BCUT2D eigenvalue weighted by Crippen LogP contribution is 2.33. The molecule has 0 saturated heterocycles. The van der Waals surface area contributed by atoms with E-state index in [-0.39, 0.29) is 5.15 Å². The van der Waals surface area contributed by atoms with E-state index in [4.69, 9.17) is 21.1 Å². The van der Waals surface area contributed by atoms with Crippen molar-refractivity contribution in [2.45, 2.75) is 39.4 Å². The van der Waals surface area contributed by atoms with Gasteiger partial charge in [0.1, 0.15) is 5.15 Å². The number of fused-ring (bicyclic) bond motifs is 1. The molecule has 1 atom stereocenters. The van der Waals surface area contributed by atoms with Crippen molar-refractivity contribution in [1.29, 1.82) is 0 Å². The van der Waals surface area contributed by atoms with E-state index in [1.807, 2.05) is 57.2 Å². The molecule has 2 heterocycles. The van der Waals surface area contributed by atoms with Crippen molar-refractivity contribution in [3.63, 3.8) is 0 Å². The van der Waals surface area contributed by atoms with Gasteiger partial charge in [0.05, 0.1) is 24.0 Å². The number of nitrogens with zero attached hydrogens (tertiary/aromatic N) is 3. The highest BCUT2D eigenvalue weighted by molar-refractivity contribution is 6.30. The minimum atomic E-state index is -0.997. The molecule has 3 rings (SSSR count). The van der Waals surface area contributed by atoms with Gasteiger partial charge in [-0.05, 0) is 27.7 Å². The Kier molecular flexibility index (Phi) is 5.22. The summed E-state index contributed by atoms with van der Waals surface area (Å²) in [5.74, 6) is -0.536. The topological polar surface area (TPSA) is 65.7 Å². The number of hydrogen-bond donors (Lipinski definition) is 0. The van der Waals surface area contributed by atoms with Crippen LogP contribution in [0.2, 0.25) is 5.15 Å². The monoisotopic (exact) mass is 387 g/mol. The maximum absolute atomic E-state index is 12.4. The molecule has 1 unspecified atom stereocenters. The standard InChI is InChI=1S/C20H22ClN3O3/c1-12-16(17(19(25)26-5)27-20(2,3)4)18(21)24-15(22-12)11-14(23-24)13-9-7-6-8-10-13/h6-11,17H,1-5H3. The Balaban J connectivity index is 2.16. The molecule has 142 valence electrons. The van der Waals surface area contributed by atoms with Crippen molar-refractivity contribution >= 4 is 23.2 Å². The minimum absolute atomic E-state index is 0.277. The molecular formula is C20H22ClN3O3. The van der Waals surface area contributed by atoms with Crippen LogP contribution < -0.4 is 0 Å². The molecule has 27 heavy (non-hydrogen) atoms. The van der Waals surface area contributed by atoms with Gasteiger partial charge in [-0.3, -0.25) is 0 Å². The first-order valence-electron chi connectivity index (χ1n) is 8.58. The maximum atomic E-state index is 12.4. The molecule has 0 amide bonds. The lowest BCUT2D eigenvalue weighted by Gasteiger charge is -2.27. The highest BCUT2D eigenvalue weighted by atomic mass is 35.5. The van der Waals surface area contributed by atoms with Crippen LogP contribution in [0.15, 0.2) is 36.4 Å². The summed E-state index contributed by atoms with van der Waals surface area (Å²) in [5, 5.41) is 4.84. The van der Waals surface area contributed by atoms with E-state index in [0.29, 0.717) is 16.9 Å². The first kappa shape index (κ1) is 19.3. The fraction of sp³-hybridized carbons (Fsp3) is 0.350. The van der Waals surface area contributed by atoms with Crippen LogP contribution in [0.25, 0.3) is 16.9 Å². The first-order valence-corrected chi connectivity index (χ1v) is 8.96. The highest BCUT2D eigenvalue weighted by Gasteiger charge is 2.33. The van der Waals surface area contributed by atoms with Crippen LogP contribution in [0.4, 0.5) is 0 Å². The van der Waals surface area contributed by atoms with Gasteiger partial charge in [0.25, 0.3) is 0 Å². The van der Waals surface area contributed by atoms with Crippen LogP contribution in [0.1, 0.15) is 38.1 Å². The van der Waals surface area contributed by atoms with Crippen molar-refractivity contribution in [2.24, 2.45) is 0 Å². The van der Waals surface area contributed by atoms with E-state index < -0.39 is 17.7 Å². The Morgan fingerprint density at radius 3 is 2.48 bits per heavy atom. The molecular weight excluding hydrogens is 366 g/mol. The molecule has 0 fully saturated rings. The predicted molar refractivity (Wildman–Crippen MR) is 104 cm³/mol. The van der Waals surface area contributed by atoms with E-state index in [1.165, 1.54) is 11.6 Å². The second-order valence-electron chi connectivity index (χ2n) is 7.20. The molecule has 6 nitrogen and oxygen atoms in total. The summed E-state index contributed by atoms with van der Waals surface area (Å²) in [6.45, 7) is 7.37. The molecule has 1 aromatic carbocycles. The molecule has 0 bridgehead atoms. The largest absolute Gasteiger partial charge is 0.467 e. The van der Waals surface area contributed by atoms with E-state index >= 15 is 0 Å². The summed E-state index contributed by atoms with van der Waals surface area (Å²) in [4.78, 5) is 17.0. The fourth-order valence-electron chi connectivity index (χ4n) is 2.82. The molecule has 0 aliphatic heterocycles. The number of esters is 1. The van der Waals surface area contributed by atoms with Gasteiger partial charge in [0.15, 0.2) is 11.8 Å². The average Bonchev–Trinajstić information content (AvgIpc) is 3.04. The van der Waals surface area contributed by atoms with Crippen molar-refractivity contribution in [1.82, 2.24) is 14.6 Å². The van der Waals surface area contributed by atoms with Crippen molar-refractivity contribution in [3.05, 3.63) is 52.8 Å². The van der Waals surface area contributed by atoms with Crippen LogP contribution >= 0.6 is 11.6 Å². The molecule has 0 aliphatic carbocycles. The third-order valence-electron chi connectivity index (χ3n) is 3.99. The predicted octanol–water partition coefficient (Wildman–Crippen LogP) is 4.39. The number of rotatable bonds is 4. The summed E-state index contributed by atoms with van der Waals surface area (Å²) in [6, 6.07) is 11.6. The Hall–Kier alpha value is -2.44. The second-order valence-corrected chi connectivity index (χ2v) is 7.56. The molecule has 0 spiro atoms. The molecule has 2 aromatic heterocycles. The zero-order valence-electron chi connectivity index (χ0n) is 16.0. The van der Waals surface area contributed by atoms with Gasteiger partial charge in [-0.1, -0.05) is 41.9 Å². The van der Waals surface area contributed by atoms with Gasteiger partial charge in [0.2, 0.25) is 0 Å². The van der Waals surface area contributed by atoms with Crippen LogP contribution in [0.5, 0.6) is 0 Å². The third kappa shape index (κ3) is 3.96. The minimum Gasteiger partial charge on any atom is -0.467 e. The summed E-state index contributed by atoms with van der Waals surface area (Å²) >= 11 is 6.64. The number of carbonyl (C=O) groups is 1. The summed E-state index contributed by atoms with van der Waals surface area (Å²) in [6.07, 6.45) is -0.997. The fourth-order valence-corrected chi connectivity index (χ4v) is 3.18. The van der Waals surface area contributed by atoms with Crippen molar-refractivity contribution < 1.29 is 14.3 Å². The zero-order chi connectivity index (χ0) is 19.8. The smallest absolute Gasteiger partial charge is 0.339 e. The number of methoxy groups -OCH3 is 1. The molecule has 7 heteroatoms. The van der Waals surface area contributed by atoms with Gasteiger partial charge in [0, 0.05) is 17.3 Å². The number of aromatic nitrogens is 3. The zero-order valence-corrected chi connectivity index (χ0v) is 16.7. The van der Waals surface area contributed by atoms with Gasteiger partial charge in [-0.15, -0.1) is 0 Å². The Labute approximate surface area is 163 Å². The van der Waals surface area contributed by atoms with Gasteiger partial charge in [-0.25, -0.2) is 14.3 Å². The quantitative estimate of drug-likeness (QED) is 0.490. The lowest BCUT2D eigenvalue weighted by atomic mass is 10.1. The summed E-state index contributed by atoms with van der Waals surface area (Å²) < 4.78 is 12.4. The molecule has 0 aliphatic rings. The van der Waals surface area contributed by atoms with Crippen molar-refractivity contribution in [3.8, 4) is 11.3 Å². The number of halogens is 1.